The van der Waals surface area contributed by atoms with Gasteiger partial charge in [0.15, 0.2) is 11.5 Å². The van der Waals surface area contributed by atoms with Crippen LogP contribution in [0.15, 0.2) is 66.7 Å². The number of anilines is 1. The number of fused-ring (bicyclic) bond motifs is 1. The van der Waals surface area contributed by atoms with Gasteiger partial charge in [-0.1, -0.05) is 24.3 Å². The monoisotopic (exact) mass is 439 g/mol. The Morgan fingerprint density at radius 3 is 2.30 bits per heavy atom. The molecule has 0 saturated heterocycles. The van der Waals surface area contributed by atoms with Crippen LogP contribution < -0.4 is 19.5 Å². The van der Waals surface area contributed by atoms with Crippen molar-refractivity contribution in [3.8, 4) is 34.6 Å². The third kappa shape index (κ3) is 4.27. The lowest BCUT2D eigenvalue weighted by atomic mass is 10.0. The number of amides is 1. The highest BCUT2D eigenvalue weighted by Crippen LogP contribution is 2.41. The zero-order valence-electron chi connectivity index (χ0n) is 18.4. The van der Waals surface area contributed by atoms with Gasteiger partial charge in [0.05, 0.1) is 49.7 Å². The first-order valence-electron chi connectivity index (χ1n) is 10.1. The van der Waals surface area contributed by atoms with Gasteiger partial charge in [-0.25, -0.2) is 4.98 Å². The molecule has 0 fully saturated rings. The van der Waals surface area contributed by atoms with Crippen LogP contribution in [0.1, 0.15) is 15.9 Å². The molecule has 0 atom stereocenters. The number of nitrogens with one attached hydrogen (secondary N) is 1. The van der Waals surface area contributed by atoms with Crippen molar-refractivity contribution in [2.75, 3.05) is 26.6 Å². The van der Waals surface area contributed by atoms with E-state index in [1.807, 2.05) is 24.3 Å². The summed E-state index contributed by atoms with van der Waals surface area (Å²) in [6.45, 7) is 0. The van der Waals surface area contributed by atoms with Crippen LogP contribution in [0.5, 0.6) is 17.2 Å². The molecule has 164 valence electrons. The molecule has 0 bridgehead atoms. The minimum absolute atomic E-state index is 0.308. The summed E-state index contributed by atoms with van der Waals surface area (Å²) in [6.07, 6.45) is 0. The Hall–Kier alpha value is -4.57. The van der Waals surface area contributed by atoms with E-state index in [4.69, 9.17) is 24.5 Å². The van der Waals surface area contributed by atoms with E-state index in [1.165, 1.54) is 7.11 Å². The van der Waals surface area contributed by atoms with E-state index < -0.39 is 0 Å². The second kappa shape index (κ2) is 9.28. The lowest BCUT2D eigenvalue weighted by Crippen LogP contribution is -2.13. The first-order valence-corrected chi connectivity index (χ1v) is 10.1. The van der Waals surface area contributed by atoms with Crippen molar-refractivity contribution in [3.63, 3.8) is 0 Å². The van der Waals surface area contributed by atoms with E-state index in [2.05, 4.69) is 11.4 Å². The van der Waals surface area contributed by atoms with E-state index in [0.717, 1.165) is 0 Å². The molecule has 0 radical (unpaired) electrons. The van der Waals surface area contributed by atoms with Gasteiger partial charge in [-0.15, -0.1) is 0 Å². The second-order valence-corrected chi connectivity index (χ2v) is 7.13. The summed E-state index contributed by atoms with van der Waals surface area (Å²) in [5, 5.41) is 12.7. The van der Waals surface area contributed by atoms with E-state index in [1.54, 1.807) is 56.7 Å². The maximum absolute atomic E-state index is 13.3. The number of hydrogen-bond donors (Lipinski definition) is 1. The highest BCUT2D eigenvalue weighted by molar-refractivity contribution is 6.13. The standard InChI is InChI=1S/C26H21N3O4/c1-31-23-12-17(13-24(32-2)25(23)33-3)22-14-20(19-9-4-5-10-21(19)29-22)26(30)28-18-8-6-7-16(11-18)15-27/h4-14H,1-3H3,(H,28,30). The lowest BCUT2D eigenvalue weighted by Gasteiger charge is -2.15. The van der Waals surface area contributed by atoms with Gasteiger partial charge in [-0.3, -0.25) is 4.79 Å². The van der Waals surface area contributed by atoms with E-state index in [0.29, 0.717) is 56.2 Å². The van der Waals surface area contributed by atoms with Crippen LogP contribution in [0.2, 0.25) is 0 Å². The van der Waals surface area contributed by atoms with Gasteiger partial charge >= 0.3 is 0 Å². The zero-order valence-corrected chi connectivity index (χ0v) is 18.4. The van der Waals surface area contributed by atoms with Gasteiger partial charge in [-0.05, 0) is 42.5 Å². The molecule has 3 aromatic carbocycles. The smallest absolute Gasteiger partial charge is 0.256 e. The average molecular weight is 439 g/mol. The predicted octanol–water partition coefficient (Wildman–Crippen LogP) is 5.05. The summed E-state index contributed by atoms with van der Waals surface area (Å²) in [5.74, 6) is 1.14. The fourth-order valence-electron chi connectivity index (χ4n) is 3.61. The van der Waals surface area contributed by atoms with E-state index >= 15 is 0 Å². The van der Waals surface area contributed by atoms with Gasteiger partial charge in [0.25, 0.3) is 5.91 Å². The Morgan fingerprint density at radius 1 is 0.909 bits per heavy atom. The minimum Gasteiger partial charge on any atom is -0.493 e. The van der Waals surface area contributed by atoms with Crippen molar-refractivity contribution < 1.29 is 19.0 Å². The average Bonchev–Trinajstić information content (AvgIpc) is 2.87. The second-order valence-electron chi connectivity index (χ2n) is 7.13. The normalized spacial score (nSPS) is 10.4. The van der Waals surface area contributed by atoms with Crippen LogP contribution >= 0.6 is 0 Å². The molecule has 7 heteroatoms. The number of nitriles is 1. The quantitative estimate of drug-likeness (QED) is 0.452. The van der Waals surface area contributed by atoms with Crippen LogP contribution in [0.25, 0.3) is 22.2 Å². The fraction of sp³-hybridized carbons (Fsp3) is 0.115. The van der Waals surface area contributed by atoms with E-state index in [-0.39, 0.29) is 5.91 Å². The number of nitrogens with zero attached hydrogens (tertiary/aromatic N) is 2. The number of ether oxygens (including phenoxy) is 3. The number of hydrogen-bond acceptors (Lipinski definition) is 6. The molecule has 0 spiro atoms. The number of methoxy groups -OCH3 is 3. The number of para-hydroxylation sites is 1. The van der Waals surface area contributed by atoms with Crippen molar-refractivity contribution >= 4 is 22.5 Å². The number of pyridine rings is 1. The molecule has 0 aliphatic heterocycles. The molecular weight excluding hydrogens is 418 g/mol. The van der Waals surface area contributed by atoms with Crippen molar-refractivity contribution in [1.82, 2.24) is 4.98 Å². The number of benzene rings is 3. The molecule has 4 aromatic rings. The number of aromatic nitrogens is 1. The van der Waals surface area contributed by atoms with Crippen molar-refractivity contribution in [1.29, 1.82) is 5.26 Å². The molecule has 1 amide bonds. The Morgan fingerprint density at radius 2 is 1.64 bits per heavy atom. The van der Waals surface area contributed by atoms with Crippen molar-refractivity contribution in [3.05, 3.63) is 77.9 Å². The zero-order chi connectivity index (χ0) is 23.4. The van der Waals surface area contributed by atoms with Crippen molar-refractivity contribution in [2.24, 2.45) is 0 Å². The largest absolute Gasteiger partial charge is 0.493 e. The summed E-state index contributed by atoms with van der Waals surface area (Å²) in [4.78, 5) is 18.0. The van der Waals surface area contributed by atoms with Gasteiger partial charge in [0, 0.05) is 16.6 Å². The molecule has 4 rings (SSSR count). The molecule has 1 N–H and O–H groups in total. The Bertz CT molecular complexity index is 1370. The lowest BCUT2D eigenvalue weighted by molar-refractivity contribution is 0.102. The Kier molecular flexibility index (Phi) is 6.09. The molecule has 0 unspecified atom stereocenters. The minimum atomic E-state index is -0.308. The summed E-state index contributed by atoms with van der Waals surface area (Å²) in [7, 11) is 4.63. The van der Waals surface area contributed by atoms with Crippen LogP contribution in [-0.4, -0.2) is 32.2 Å². The molecule has 1 aromatic heterocycles. The summed E-state index contributed by atoms with van der Waals surface area (Å²) >= 11 is 0. The number of carbonyl (C=O) groups excluding carboxylic acids is 1. The predicted molar refractivity (Wildman–Crippen MR) is 126 cm³/mol. The molecule has 0 saturated carbocycles. The first-order chi connectivity index (χ1) is 16.1. The number of carbonyl (C=O) groups is 1. The van der Waals surface area contributed by atoms with Gasteiger partial charge in [-0.2, -0.15) is 5.26 Å². The number of rotatable bonds is 6. The Labute approximate surface area is 191 Å². The summed E-state index contributed by atoms with van der Waals surface area (Å²) in [6, 6.07) is 21.6. The topological polar surface area (TPSA) is 93.5 Å². The van der Waals surface area contributed by atoms with Gasteiger partial charge < -0.3 is 19.5 Å². The molecule has 0 aliphatic rings. The maximum Gasteiger partial charge on any atom is 0.256 e. The van der Waals surface area contributed by atoms with Crippen LogP contribution in [0, 0.1) is 11.3 Å². The molecule has 7 nitrogen and oxygen atoms in total. The molecular formula is C26H21N3O4. The van der Waals surface area contributed by atoms with Crippen LogP contribution in [-0.2, 0) is 0 Å². The highest BCUT2D eigenvalue weighted by Gasteiger charge is 2.18. The third-order valence-corrected chi connectivity index (χ3v) is 5.17. The third-order valence-electron chi connectivity index (χ3n) is 5.17. The SMILES string of the molecule is COc1cc(-c2cc(C(=O)Nc3cccc(C#N)c3)c3ccccc3n2)cc(OC)c1OC. The first kappa shape index (κ1) is 21.7. The Balaban J connectivity index is 1.84. The summed E-state index contributed by atoms with van der Waals surface area (Å²) in [5.41, 5.74) is 3.39. The fourth-order valence-corrected chi connectivity index (χ4v) is 3.61. The van der Waals surface area contributed by atoms with Gasteiger partial charge in [0.1, 0.15) is 0 Å². The van der Waals surface area contributed by atoms with Gasteiger partial charge in [0.2, 0.25) is 5.75 Å². The molecule has 1 heterocycles. The maximum atomic E-state index is 13.3. The molecule has 33 heavy (non-hydrogen) atoms. The van der Waals surface area contributed by atoms with E-state index in [9.17, 15) is 4.79 Å². The summed E-state index contributed by atoms with van der Waals surface area (Å²) < 4.78 is 16.3. The van der Waals surface area contributed by atoms with Crippen LogP contribution in [0.4, 0.5) is 5.69 Å². The molecule has 0 aliphatic carbocycles. The highest BCUT2D eigenvalue weighted by atomic mass is 16.5. The van der Waals surface area contributed by atoms with Crippen LogP contribution in [0.3, 0.4) is 0 Å². The van der Waals surface area contributed by atoms with Crippen molar-refractivity contribution in [2.45, 2.75) is 0 Å².